The lowest BCUT2D eigenvalue weighted by Crippen LogP contribution is -2.15. The molecule has 0 aliphatic rings. The third-order valence-electron chi connectivity index (χ3n) is 2.55. The summed E-state index contributed by atoms with van der Waals surface area (Å²) in [5.74, 6) is -0.797. The molecule has 0 bridgehead atoms. The summed E-state index contributed by atoms with van der Waals surface area (Å²) >= 11 is 3.18. The Labute approximate surface area is 133 Å². The van der Waals surface area contributed by atoms with Crippen molar-refractivity contribution in [3.63, 3.8) is 0 Å². The van der Waals surface area contributed by atoms with Gasteiger partial charge >= 0.3 is 6.61 Å². The Balaban J connectivity index is 2.18. The van der Waals surface area contributed by atoms with Crippen LogP contribution < -0.4 is 10.1 Å². The summed E-state index contributed by atoms with van der Waals surface area (Å²) in [7, 11) is 1.51. The van der Waals surface area contributed by atoms with Crippen molar-refractivity contribution in [3.8, 4) is 5.75 Å². The second-order valence-electron chi connectivity index (χ2n) is 4.16. The van der Waals surface area contributed by atoms with Gasteiger partial charge in [0.15, 0.2) is 0 Å². The number of nitrogens with one attached hydrogen (secondary N) is 1. The van der Waals surface area contributed by atoms with Gasteiger partial charge in [-0.3, -0.25) is 4.79 Å². The van der Waals surface area contributed by atoms with Gasteiger partial charge in [0.1, 0.15) is 12.5 Å². The lowest BCUT2D eigenvalue weighted by atomic mass is 10.2. The lowest BCUT2D eigenvalue weighted by molar-refractivity contribution is -0.0501. The van der Waals surface area contributed by atoms with Crippen LogP contribution in [0.5, 0.6) is 5.75 Å². The molecule has 118 valence electrons. The van der Waals surface area contributed by atoms with Crippen LogP contribution in [0.15, 0.2) is 35.1 Å². The predicted molar refractivity (Wildman–Crippen MR) is 78.0 cm³/mol. The normalized spacial score (nSPS) is 10.8. The second-order valence-corrected chi connectivity index (χ2v) is 5.08. The molecule has 0 aliphatic heterocycles. The second kappa shape index (κ2) is 7.32. The number of alkyl halides is 2. The van der Waals surface area contributed by atoms with Crippen LogP contribution in [0.2, 0.25) is 0 Å². The zero-order valence-corrected chi connectivity index (χ0v) is 13.0. The van der Waals surface area contributed by atoms with Crippen LogP contribution in [0.1, 0.15) is 10.4 Å². The summed E-state index contributed by atoms with van der Waals surface area (Å²) in [6.45, 7) is -2.79. The predicted octanol–water partition coefficient (Wildman–Crippen LogP) is 3.10. The van der Waals surface area contributed by atoms with E-state index >= 15 is 0 Å². The van der Waals surface area contributed by atoms with Gasteiger partial charge < -0.3 is 14.8 Å². The molecular formula is C13H12BrF2N3O3. The van der Waals surface area contributed by atoms with Crippen molar-refractivity contribution in [1.29, 1.82) is 0 Å². The number of rotatable bonds is 6. The van der Waals surface area contributed by atoms with Crippen molar-refractivity contribution < 1.29 is 23.0 Å². The fourth-order valence-corrected chi connectivity index (χ4v) is 2.07. The third-order valence-corrected chi connectivity index (χ3v) is 3.05. The Bertz CT molecular complexity index is 664. The van der Waals surface area contributed by atoms with Crippen LogP contribution in [0.3, 0.4) is 0 Å². The molecule has 1 heterocycles. The average molecular weight is 376 g/mol. The van der Waals surface area contributed by atoms with E-state index in [1.807, 2.05) is 0 Å². The van der Waals surface area contributed by atoms with Gasteiger partial charge in [0.2, 0.25) is 0 Å². The zero-order valence-electron chi connectivity index (χ0n) is 11.4. The fraction of sp³-hybridized carbons (Fsp3) is 0.231. The number of methoxy groups -OCH3 is 1. The van der Waals surface area contributed by atoms with Gasteiger partial charge in [-0.2, -0.15) is 13.9 Å². The number of halogens is 3. The molecule has 1 N–H and O–H groups in total. The highest BCUT2D eigenvalue weighted by molar-refractivity contribution is 9.10. The van der Waals surface area contributed by atoms with E-state index in [1.54, 1.807) is 6.20 Å². The molecule has 0 unspecified atom stereocenters. The Morgan fingerprint density at radius 2 is 2.27 bits per heavy atom. The van der Waals surface area contributed by atoms with E-state index in [4.69, 9.17) is 4.74 Å². The maximum absolute atomic E-state index is 12.4. The van der Waals surface area contributed by atoms with Crippen molar-refractivity contribution in [2.45, 2.75) is 13.3 Å². The van der Waals surface area contributed by atoms with Crippen LogP contribution in [-0.2, 0) is 11.5 Å². The van der Waals surface area contributed by atoms with Crippen molar-refractivity contribution >= 4 is 27.5 Å². The van der Waals surface area contributed by atoms with E-state index in [-0.39, 0.29) is 18.0 Å². The summed E-state index contributed by atoms with van der Waals surface area (Å²) < 4.78 is 36.0. The van der Waals surface area contributed by atoms with Crippen LogP contribution >= 0.6 is 15.9 Å². The molecule has 1 aromatic heterocycles. The van der Waals surface area contributed by atoms with Crippen LogP contribution in [-0.4, -0.2) is 29.4 Å². The first-order valence-corrected chi connectivity index (χ1v) is 6.86. The summed E-state index contributed by atoms with van der Waals surface area (Å²) in [4.78, 5) is 12.2. The minimum atomic E-state index is -3.02. The number of anilines is 1. The topological polar surface area (TPSA) is 65.4 Å². The number of hydrogen-bond donors (Lipinski definition) is 1. The average Bonchev–Trinajstić information content (AvgIpc) is 2.88. The summed E-state index contributed by atoms with van der Waals surface area (Å²) in [5, 5.41) is 6.51. The first-order chi connectivity index (χ1) is 10.5. The maximum atomic E-state index is 12.4. The molecule has 0 radical (unpaired) electrons. The Kier molecular flexibility index (Phi) is 5.45. The standard InChI is InChI=1S/C13H12BrF2N3O3/c1-21-7-19-6-9(5-17-19)18-12(20)10-4-8(14)2-3-11(10)22-13(15)16/h2-6,13H,7H2,1H3,(H,18,20). The maximum Gasteiger partial charge on any atom is 0.387 e. The fourth-order valence-electron chi connectivity index (χ4n) is 1.71. The van der Waals surface area contributed by atoms with Crippen LogP contribution in [0.4, 0.5) is 14.5 Å². The minimum absolute atomic E-state index is 0.0193. The van der Waals surface area contributed by atoms with Gasteiger partial charge in [0.05, 0.1) is 23.6 Å². The van der Waals surface area contributed by atoms with E-state index in [0.29, 0.717) is 10.2 Å². The van der Waals surface area contributed by atoms with E-state index in [1.165, 1.54) is 36.2 Å². The van der Waals surface area contributed by atoms with Gasteiger partial charge in [-0.15, -0.1) is 0 Å². The van der Waals surface area contributed by atoms with Crippen molar-refractivity contribution in [2.24, 2.45) is 0 Å². The van der Waals surface area contributed by atoms with Crippen molar-refractivity contribution in [1.82, 2.24) is 9.78 Å². The van der Waals surface area contributed by atoms with Gasteiger partial charge in [-0.1, -0.05) is 15.9 Å². The highest BCUT2D eigenvalue weighted by atomic mass is 79.9. The number of amides is 1. The Hall–Kier alpha value is -2.00. The van der Waals surface area contributed by atoms with Crippen molar-refractivity contribution in [2.75, 3.05) is 12.4 Å². The molecule has 0 fully saturated rings. The van der Waals surface area contributed by atoms with Crippen molar-refractivity contribution in [3.05, 3.63) is 40.6 Å². The first kappa shape index (κ1) is 16.4. The lowest BCUT2D eigenvalue weighted by Gasteiger charge is -2.10. The molecule has 1 amide bonds. The molecule has 0 aliphatic carbocycles. The zero-order chi connectivity index (χ0) is 16.1. The molecule has 0 saturated carbocycles. The summed E-state index contributed by atoms with van der Waals surface area (Å²) in [5.41, 5.74) is 0.388. The Morgan fingerprint density at radius 1 is 1.50 bits per heavy atom. The largest absolute Gasteiger partial charge is 0.434 e. The quantitative estimate of drug-likeness (QED) is 0.842. The molecule has 6 nitrogen and oxygen atoms in total. The Morgan fingerprint density at radius 3 is 2.95 bits per heavy atom. The molecule has 0 saturated heterocycles. The molecule has 9 heteroatoms. The van der Waals surface area contributed by atoms with Gasteiger partial charge in [0.25, 0.3) is 5.91 Å². The number of benzene rings is 1. The molecular weight excluding hydrogens is 364 g/mol. The SMILES string of the molecule is COCn1cc(NC(=O)c2cc(Br)ccc2OC(F)F)cn1. The summed E-state index contributed by atoms with van der Waals surface area (Å²) in [6.07, 6.45) is 2.97. The third kappa shape index (κ3) is 4.25. The monoisotopic (exact) mass is 375 g/mol. The number of aromatic nitrogens is 2. The van der Waals surface area contributed by atoms with Gasteiger partial charge in [-0.25, -0.2) is 4.68 Å². The minimum Gasteiger partial charge on any atom is -0.434 e. The van der Waals surface area contributed by atoms with E-state index < -0.39 is 12.5 Å². The number of carbonyl (C=O) groups is 1. The highest BCUT2D eigenvalue weighted by Crippen LogP contribution is 2.25. The number of carbonyl (C=O) groups excluding carboxylic acids is 1. The van der Waals surface area contributed by atoms with Crippen LogP contribution in [0, 0.1) is 0 Å². The van der Waals surface area contributed by atoms with E-state index in [9.17, 15) is 13.6 Å². The van der Waals surface area contributed by atoms with E-state index in [2.05, 4.69) is 31.1 Å². The molecule has 0 atom stereocenters. The number of nitrogens with zero attached hydrogens (tertiary/aromatic N) is 2. The van der Waals surface area contributed by atoms with Gasteiger partial charge in [-0.05, 0) is 18.2 Å². The highest BCUT2D eigenvalue weighted by Gasteiger charge is 2.17. The van der Waals surface area contributed by atoms with Gasteiger partial charge in [0, 0.05) is 11.6 Å². The van der Waals surface area contributed by atoms with Crippen LogP contribution in [0.25, 0.3) is 0 Å². The molecule has 0 spiro atoms. The van der Waals surface area contributed by atoms with E-state index in [0.717, 1.165) is 0 Å². The summed E-state index contributed by atoms with van der Waals surface area (Å²) in [6, 6.07) is 4.19. The molecule has 1 aromatic carbocycles. The molecule has 2 aromatic rings. The molecule has 2 rings (SSSR count). The number of ether oxygens (including phenoxy) is 2. The first-order valence-electron chi connectivity index (χ1n) is 6.06. The smallest absolute Gasteiger partial charge is 0.387 e. The number of hydrogen-bond acceptors (Lipinski definition) is 4. The molecule has 22 heavy (non-hydrogen) atoms.